The van der Waals surface area contributed by atoms with Crippen LogP contribution < -0.4 is 5.32 Å². The van der Waals surface area contributed by atoms with Crippen molar-refractivity contribution in [3.63, 3.8) is 0 Å². The maximum atomic E-state index is 5.41. The quantitative estimate of drug-likeness (QED) is 0.796. The second-order valence-corrected chi connectivity index (χ2v) is 5.32. The van der Waals surface area contributed by atoms with Crippen molar-refractivity contribution in [2.75, 3.05) is 11.9 Å². The first kappa shape index (κ1) is 12.3. The fourth-order valence-electron chi connectivity index (χ4n) is 2.96. The van der Waals surface area contributed by atoms with E-state index in [1.165, 1.54) is 16.8 Å². The Morgan fingerprint density at radius 2 is 2.24 bits per heavy atom. The van der Waals surface area contributed by atoms with Crippen molar-refractivity contribution >= 4 is 5.69 Å². The Kier molecular flexibility index (Phi) is 2.99. The molecule has 106 valence electrons. The molecule has 4 heteroatoms. The van der Waals surface area contributed by atoms with Gasteiger partial charge in [0, 0.05) is 30.8 Å². The number of fused-ring (bicyclic) bond motifs is 1. The summed E-state index contributed by atoms with van der Waals surface area (Å²) in [6, 6.07) is 10.4. The summed E-state index contributed by atoms with van der Waals surface area (Å²) < 4.78 is 7.60. The SMILES string of the molecule is c1coc(CCn2cncc2-c2cccc3c2NCC3)c1. The van der Waals surface area contributed by atoms with Gasteiger partial charge in [0.25, 0.3) is 0 Å². The summed E-state index contributed by atoms with van der Waals surface area (Å²) in [5.41, 5.74) is 5.05. The first-order valence-electron chi connectivity index (χ1n) is 7.30. The molecule has 2 aromatic heterocycles. The van der Waals surface area contributed by atoms with E-state index in [9.17, 15) is 0 Å². The number of aryl methyl sites for hydroxylation is 2. The van der Waals surface area contributed by atoms with Crippen LogP contribution in [0.5, 0.6) is 0 Å². The van der Waals surface area contributed by atoms with Crippen molar-refractivity contribution in [2.45, 2.75) is 19.4 Å². The molecule has 0 spiro atoms. The topological polar surface area (TPSA) is 43.0 Å². The molecular formula is C17H17N3O. The van der Waals surface area contributed by atoms with Gasteiger partial charge in [-0.15, -0.1) is 0 Å². The Morgan fingerprint density at radius 3 is 3.14 bits per heavy atom. The van der Waals surface area contributed by atoms with Crippen molar-refractivity contribution in [3.8, 4) is 11.3 Å². The lowest BCUT2D eigenvalue weighted by molar-refractivity contribution is 0.492. The molecule has 1 aromatic carbocycles. The number of imidazole rings is 1. The fourth-order valence-corrected chi connectivity index (χ4v) is 2.96. The van der Waals surface area contributed by atoms with Gasteiger partial charge in [0.05, 0.1) is 24.5 Å². The monoisotopic (exact) mass is 279 g/mol. The summed E-state index contributed by atoms with van der Waals surface area (Å²) >= 11 is 0. The Balaban J connectivity index is 1.65. The Labute approximate surface area is 123 Å². The molecule has 4 rings (SSSR count). The molecule has 4 nitrogen and oxygen atoms in total. The van der Waals surface area contributed by atoms with Crippen LogP contribution >= 0.6 is 0 Å². The molecule has 0 fully saturated rings. The number of hydrogen-bond acceptors (Lipinski definition) is 3. The smallest absolute Gasteiger partial charge is 0.105 e. The van der Waals surface area contributed by atoms with E-state index in [-0.39, 0.29) is 0 Å². The van der Waals surface area contributed by atoms with Crippen LogP contribution in [0, 0.1) is 0 Å². The van der Waals surface area contributed by atoms with Crippen molar-refractivity contribution in [3.05, 3.63) is 60.4 Å². The summed E-state index contributed by atoms with van der Waals surface area (Å²) in [6.07, 6.45) is 7.53. The maximum absolute atomic E-state index is 5.41. The van der Waals surface area contributed by atoms with E-state index in [0.717, 1.165) is 37.4 Å². The van der Waals surface area contributed by atoms with E-state index in [1.807, 2.05) is 24.7 Å². The van der Waals surface area contributed by atoms with Gasteiger partial charge in [-0.05, 0) is 24.1 Å². The van der Waals surface area contributed by atoms with E-state index >= 15 is 0 Å². The molecule has 0 radical (unpaired) electrons. The Hall–Kier alpha value is -2.49. The summed E-state index contributed by atoms with van der Waals surface area (Å²) in [6.45, 7) is 1.89. The summed E-state index contributed by atoms with van der Waals surface area (Å²) in [5, 5.41) is 3.49. The van der Waals surface area contributed by atoms with Crippen LogP contribution in [0.4, 0.5) is 5.69 Å². The molecule has 0 saturated heterocycles. The largest absolute Gasteiger partial charge is 0.469 e. The van der Waals surface area contributed by atoms with Crippen molar-refractivity contribution in [1.29, 1.82) is 0 Å². The van der Waals surface area contributed by atoms with E-state index in [4.69, 9.17) is 4.42 Å². The summed E-state index contributed by atoms with van der Waals surface area (Å²) in [7, 11) is 0. The van der Waals surface area contributed by atoms with E-state index < -0.39 is 0 Å². The lowest BCUT2D eigenvalue weighted by atomic mass is 10.1. The minimum Gasteiger partial charge on any atom is -0.469 e. The van der Waals surface area contributed by atoms with Crippen LogP contribution in [0.2, 0.25) is 0 Å². The molecule has 0 unspecified atom stereocenters. The minimum absolute atomic E-state index is 0.868. The molecular weight excluding hydrogens is 262 g/mol. The van der Waals surface area contributed by atoms with Crippen LogP contribution in [0.3, 0.4) is 0 Å². The van der Waals surface area contributed by atoms with Crippen molar-refractivity contribution < 1.29 is 4.42 Å². The normalized spacial score (nSPS) is 13.1. The molecule has 21 heavy (non-hydrogen) atoms. The first-order chi connectivity index (χ1) is 10.4. The third-order valence-corrected chi connectivity index (χ3v) is 4.01. The van der Waals surface area contributed by atoms with Crippen molar-refractivity contribution in [2.24, 2.45) is 0 Å². The molecule has 1 aliphatic rings. The average Bonchev–Trinajstić information content (AvgIpc) is 3.25. The molecule has 3 heterocycles. The van der Waals surface area contributed by atoms with Crippen LogP contribution in [0.15, 0.2) is 53.5 Å². The molecule has 0 saturated carbocycles. The third kappa shape index (κ3) is 2.23. The fraction of sp³-hybridized carbons (Fsp3) is 0.235. The zero-order valence-corrected chi connectivity index (χ0v) is 11.7. The molecule has 3 aromatic rings. The number of aromatic nitrogens is 2. The van der Waals surface area contributed by atoms with Crippen molar-refractivity contribution in [1.82, 2.24) is 9.55 Å². The number of anilines is 1. The van der Waals surface area contributed by atoms with Gasteiger partial charge in [-0.25, -0.2) is 4.98 Å². The second kappa shape index (κ2) is 5.13. The third-order valence-electron chi connectivity index (χ3n) is 4.01. The molecule has 0 atom stereocenters. The van der Waals surface area contributed by atoms with Gasteiger partial charge in [0.2, 0.25) is 0 Å². The number of nitrogens with zero attached hydrogens (tertiary/aromatic N) is 2. The lowest BCUT2D eigenvalue weighted by Gasteiger charge is -2.11. The van der Waals surface area contributed by atoms with Crippen LogP contribution in [-0.4, -0.2) is 16.1 Å². The minimum atomic E-state index is 0.868. The molecule has 1 N–H and O–H groups in total. The molecule has 1 aliphatic heterocycles. The molecule has 0 amide bonds. The van der Waals surface area contributed by atoms with Gasteiger partial charge in [-0.2, -0.15) is 0 Å². The lowest BCUT2D eigenvalue weighted by Crippen LogP contribution is -2.02. The van der Waals surface area contributed by atoms with Crippen LogP contribution in [0.1, 0.15) is 11.3 Å². The highest BCUT2D eigenvalue weighted by Crippen LogP contribution is 2.34. The molecule has 0 bridgehead atoms. The van der Waals surface area contributed by atoms with Crippen LogP contribution in [0.25, 0.3) is 11.3 Å². The Bertz CT molecular complexity index is 743. The predicted octanol–water partition coefficient (Wildman–Crippen LogP) is 3.35. The van der Waals surface area contributed by atoms with E-state index in [1.54, 1.807) is 6.26 Å². The van der Waals surface area contributed by atoms with E-state index in [0.29, 0.717) is 0 Å². The number of nitrogens with one attached hydrogen (secondary N) is 1. The van der Waals surface area contributed by atoms with Gasteiger partial charge in [0.1, 0.15) is 5.76 Å². The van der Waals surface area contributed by atoms with Gasteiger partial charge < -0.3 is 14.3 Å². The highest BCUT2D eigenvalue weighted by molar-refractivity contribution is 5.79. The van der Waals surface area contributed by atoms with Crippen LogP contribution in [-0.2, 0) is 19.4 Å². The Morgan fingerprint density at radius 1 is 1.24 bits per heavy atom. The average molecular weight is 279 g/mol. The van der Waals surface area contributed by atoms with Gasteiger partial charge >= 0.3 is 0 Å². The highest BCUT2D eigenvalue weighted by atomic mass is 16.3. The number of furan rings is 1. The first-order valence-corrected chi connectivity index (χ1v) is 7.30. The summed E-state index contributed by atoms with van der Waals surface area (Å²) in [4.78, 5) is 4.33. The predicted molar refractivity (Wildman–Crippen MR) is 82.3 cm³/mol. The summed E-state index contributed by atoms with van der Waals surface area (Å²) in [5.74, 6) is 1.01. The standard InChI is InChI=1S/C17H17N3O/c1-3-13-6-8-19-17(13)15(5-1)16-11-18-12-20(16)9-7-14-4-2-10-21-14/h1-5,10-12,19H,6-9H2. The van der Waals surface area contributed by atoms with Gasteiger partial charge in [-0.1, -0.05) is 18.2 Å². The number of benzene rings is 1. The zero-order valence-electron chi connectivity index (χ0n) is 11.7. The number of hydrogen-bond donors (Lipinski definition) is 1. The van der Waals surface area contributed by atoms with Gasteiger partial charge in [-0.3, -0.25) is 0 Å². The van der Waals surface area contributed by atoms with Gasteiger partial charge in [0.15, 0.2) is 0 Å². The molecule has 0 aliphatic carbocycles. The maximum Gasteiger partial charge on any atom is 0.105 e. The number of para-hydroxylation sites is 1. The second-order valence-electron chi connectivity index (χ2n) is 5.32. The highest BCUT2D eigenvalue weighted by Gasteiger charge is 2.17. The number of rotatable bonds is 4. The van der Waals surface area contributed by atoms with E-state index in [2.05, 4.69) is 33.1 Å². The zero-order chi connectivity index (χ0) is 14.1.